The Kier molecular flexibility index (Phi) is 6.19. The predicted octanol–water partition coefficient (Wildman–Crippen LogP) is 6.59. The molecule has 0 saturated carbocycles. The minimum Gasteiger partial charge on any atom is -0.496 e. The Morgan fingerprint density at radius 2 is 0.972 bits per heavy atom. The van der Waals surface area contributed by atoms with Crippen LogP contribution in [0.25, 0.3) is 5.57 Å². The van der Waals surface area contributed by atoms with E-state index in [-0.39, 0.29) is 36.4 Å². The number of hydrogen-bond acceptors (Lipinski definition) is 3. The Morgan fingerprint density at radius 3 is 1.28 bits per heavy atom. The third-order valence-electron chi connectivity index (χ3n) is 5.20. The summed E-state index contributed by atoms with van der Waals surface area (Å²) in [6.45, 7) is 0. The SMILES string of the molecule is COC1=C(c2cc(C(F)(F)F)cc(C(F)(F)F)c2)C(=O)C1(O)c1cc(C(F)(F)F)cc(C(F)(F)F)c1. The van der Waals surface area contributed by atoms with Crippen LogP contribution in [0.15, 0.2) is 42.2 Å². The lowest BCUT2D eigenvalue weighted by atomic mass is 9.70. The van der Waals surface area contributed by atoms with Crippen molar-refractivity contribution < 1.29 is 67.3 Å². The first-order valence-electron chi connectivity index (χ1n) is 9.27. The van der Waals surface area contributed by atoms with Crippen molar-refractivity contribution in [3.8, 4) is 0 Å². The number of methoxy groups -OCH3 is 1. The average molecular weight is 538 g/mol. The molecule has 2 aromatic rings. The zero-order valence-electron chi connectivity index (χ0n) is 17.3. The molecule has 0 spiro atoms. The minimum atomic E-state index is -5.39. The average Bonchev–Trinajstić information content (AvgIpc) is 2.73. The smallest absolute Gasteiger partial charge is 0.416 e. The highest BCUT2D eigenvalue weighted by molar-refractivity contribution is 6.33. The van der Waals surface area contributed by atoms with Crippen LogP contribution in [-0.4, -0.2) is 18.0 Å². The van der Waals surface area contributed by atoms with Crippen LogP contribution in [0.4, 0.5) is 52.7 Å². The molecule has 0 aliphatic heterocycles. The summed E-state index contributed by atoms with van der Waals surface area (Å²) < 4.78 is 163. The molecule has 196 valence electrons. The summed E-state index contributed by atoms with van der Waals surface area (Å²) in [7, 11) is 0.656. The second-order valence-electron chi connectivity index (χ2n) is 7.54. The number of ether oxygens (including phenoxy) is 1. The van der Waals surface area contributed by atoms with Gasteiger partial charge in [-0.15, -0.1) is 0 Å². The van der Waals surface area contributed by atoms with Crippen molar-refractivity contribution in [3.05, 3.63) is 75.5 Å². The number of rotatable bonds is 3. The number of aliphatic hydroxyl groups is 1. The summed E-state index contributed by atoms with van der Waals surface area (Å²) in [5, 5.41) is 10.8. The van der Waals surface area contributed by atoms with Gasteiger partial charge in [-0.1, -0.05) is 0 Å². The van der Waals surface area contributed by atoms with Crippen molar-refractivity contribution in [1.29, 1.82) is 0 Å². The number of Topliss-reactive ketones (excluding diaryl/α,β-unsaturated/α-hetero) is 1. The molecule has 0 heterocycles. The number of ketones is 1. The molecule has 0 aromatic heterocycles. The number of carbonyl (C=O) groups is 1. The molecular weight excluding hydrogens is 528 g/mol. The van der Waals surface area contributed by atoms with Gasteiger partial charge in [0.1, 0.15) is 0 Å². The van der Waals surface area contributed by atoms with Crippen molar-refractivity contribution in [2.24, 2.45) is 0 Å². The van der Waals surface area contributed by atoms with E-state index >= 15 is 0 Å². The van der Waals surface area contributed by atoms with Crippen LogP contribution in [0, 0.1) is 0 Å². The lowest BCUT2D eigenvalue weighted by Crippen LogP contribution is -2.48. The molecule has 1 unspecified atom stereocenters. The van der Waals surface area contributed by atoms with Crippen molar-refractivity contribution in [3.63, 3.8) is 0 Å². The third kappa shape index (κ3) is 4.63. The second kappa shape index (κ2) is 8.15. The molecule has 1 aliphatic carbocycles. The van der Waals surface area contributed by atoms with Gasteiger partial charge in [-0.2, -0.15) is 52.7 Å². The van der Waals surface area contributed by atoms with Gasteiger partial charge in [-0.25, -0.2) is 0 Å². The number of carbonyl (C=O) groups excluding carboxylic acids is 1. The van der Waals surface area contributed by atoms with E-state index in [4.69, 9.17) is 0 Å². The molecule has 3 nitrogen and oxygen atoms in total. The molecule has 36 heavy (non-hydrogen) atoms. The Bertz CT molecular complexity index is 1180. The fourth-order valence-electron chi connectivity index (χ4n) is 3.54. The zero-order chi connectivity index (χ0) is 27.6. The molecule has 0 bridgehead atoms. The highest BCUT2D eigenvalue weighted by Gasteiger charge is 2.57. The maximum Gasteiger partial charge on any atom is 0.416 e. The molecule has 15 heteroatoms. The van der Waals surface area contributed by atoms with Gasteiger partial charge >= 0.3 is 24.7 Å². The molecular formula is C21H10F12O3. The fourth-order valence-corrected chi connectivity index (χ4v) is 3.54. The molecule has 1 aliphatic rings. The highest BCUT2D eigenvalue weighted by atomic mass is 19.4. The van der Waals surface area contributed by atoms with Gasteiger partial charge in [0.2, 0.25) is 11.4 Å². The van der Waals surface area contributed by atoms with E-state index in [0.717, 1.165) is 0 Å². The minimum absolute atomic E-state index is 0.0176. The fraction of sp³-hybridized carbons (Fsp3) is 0.286. The number of benzene rings is 2. The van der Waals surface area contributed by atoms with Crippen molar-refractivity contribution in [2.75, 3.05) is 7.11 Å². The lowest BCUT2D eigenvalue weighted by Gasteiger charge is -2.39. The summed E-state index contributed by atoms with van der Waals surface area (Å²) in [6, 6.07) is -0.432. The quantitative estimate of drug-likeness (QED) is 0.449. The van der Waals surface area contributed by atoms with E-state index in [9.17, 15) is 62.6 Å². The lowest BCUT2D eigenvalue weighted by molar-refractivity contribution is -0.145. The molecule has 1 N–H and O–H groups in total. The van der Waals surface area contributed by atoms with Gasteiger partial charge in [-0.05, 0) is 42.0 Å². The van der Waals surface area contributed by atoms with E-state index in [1.165, 1.54) is 0 Å². The van der Waals surface area contributed by atoms with Crippen LogP contribution in [0.2, 0.25) is 0 Å². The monoisotopic (exact) mass is 538 g/mol. The largest absolute Gasteiger partial charge is 0.496 e. The van der Waals surface area contributed by atoms with E-state index in [1.54, 1.807) is 0 Å². The van der Waals surface area contributed by atoms with Gasteiger partial charge in [0.25, 0.3) is 0 Å². The van der Waals surface area contributed by atoms with E-state index in [2.05, 4.69) is 4.74 Å². The molecule has 0 saturated heterocycles. The van der Waals surface area contributed by atoms with Crippen LogP contribution < -0.4 is 0 Å². The molecule has 1 atom stereocenters. The zero-order valence-corrected chi connectivity index (χ0v) is 17.3. The first-order valence-corrected chi connectivity index (χ1v) is 9.27. The number of halogens is 12. The summed E-state index contributed by atoms with van der Waals surface area (Å²) in [5.74, 6) is -2.92. The van der Waals surface area contributed by atoms with Gasteiger partial charge in [-0.3, -0.25) is 4.79 Å². The Hall–Kier alpha value is -3.23. The Balaban J connectivity index is 2.30. The van der Waals surface area contributed by atoms with E-state index in [0.29, 0.717) is 7.11 Å². The van der Waals surface area contributed by atoms with Gasteiger partial charge < -0.3 is 9.84 Å². The first kappa shape index (κ1) is 27.4. The Morgan fingerprint density at radius 1 is 0.639 bits per heavy atom. The molecule has 2 aromatic carbocycles. The maximum atomic E-state index is 13.2. The summed E-state index contributed by atoms with van der Waals surface area (Å²) in [6.07, 6.45) is -21.5. The van der Waals surface area contributed by atoms with Gasteiger partial charge in [0, 0.05) is 5.56 Å². The third-order valence-corrected chi connectivity index (χ3v) is 5.20. The number of alkyl halides is 12. The number of hydrogen-bond donors (Lipinski definition) is 1. The molecule has 0 radical (unpaired) electrons. The van der Waals surface area contributed by atoms with Crippen LogP contribution in [0.1, 0.15) is 33.4 Å². The first-order chi connectivity index (χ1) is 16.1. The second-order valence-corrected chi connectivity index (χ2v) is 7.54. The van der Waals surface area contributed by atoms with Crippen LogP contribution in [0.3, 0.4) is 0 Å². The van der Waals surface area contributed by atoms with Crippen molar-refractivity contribution in [2.45, 2.75) is 30.3 Å². The predicted molar refractivity (Wildman–Crippen MR) is 95.7 cm³/mol. The molecule has 0 amide bonds. The molecule has 0 fully saturated rings. The van der Waals surface area contributed by atoms with Crippen LogP contribution in [-0.2, 0) is 39.8 Å². The van der Waals surface area contributed by atoms with Crippen molar-refractivity contribution in [1.82, 2.24) is 0 Å². The standard InChI is InChI=1S/C21H10F12O3/c1-36-16-14(8-2-10(18(22,23)24)6-11(3-8)19(25,26)27)15(34)17(16,35)9-4-12(20(28,29)30)7-13(5-9)21(31,32)33/h2-7,35H,1H3. The summed E-state index contributed by atoms with van der Waals surface area (Å²) >= 11 is 0. The maximum absolute atomic E-state index is 13.2. The van der Waals surface area contributed by atoms with Gasteiger partial charge in [0.15, 0.2) is 5.76 Å². The van der Waals surface area contributed by atoms with Crippen LogP contribution in [0.5, 0.6) is 0 Å². The Labute approximate surface area is 192 Å². The van der Waals surface area contributed by atoms with Crippen molar-refractivity contribution >= 4 is 11.4 Å². The highest BCUT2D eigenvalue weighted by Crippen LogP contribution is 2.51. The molecule has 3 rings (SSSR count). The van der Waals surface area contributed by atoms with E-state index < -0.39 is 80.8 Å². The topological polar surface area (TPSA) is 46.5 Å². The van der Waals surface area contributed by atoms with Gasteiger partial charge in [0.05, 0.1) is 34.9 Å². The summed E-state index contributed by atoms with van der Waals surface area (Å²) in [5.41, 5.74) is -14.4. The van der Waals surface area contributed by atoms with E-state index in [1.807, 2.05) is 0 Å². The normalized spacial score (nSPS) is 19.4. The van der Waals surface area contributed by atoms with Crippen LogP contribution >= 0.6 is 0 Å². The summed E-state index contributed by atoms with van der Waals surface area (Å²) in [4.78, 5) is 12.8.